The Bertz CT molecular complexity index is 981. The van der Waals surface area contributed by atoms with E-state index in [1.54, 1.807) is 6.08 Å². The van der Waals surface area contributed by atoms with Gasteiger partial charge in [-0.05, 0) is 50.5 Å². The molecule has 0 saturated heterocycles. The minimum Gasteiger partial charge on any atom is -0.484 e. The third-order valence-corrected chi connectivity index (χ3v) is 4.29. The molecule has 2 rings (SSSR count). The molecule has 0 radical (unpaired) electrons. The Labute approximate surface area is 182 Å². The van der Waals surface area contributed by atoms with Gasteiger partial charge in [-0.15, -0.1) is 0 Å². The van der Waals surface area contributed by atoms with Gasteiger partial charge in [-0.1, -0.05) is 61.1 Å². The summed E-state index contributed by atoms with van der Waals surface area (Å²) >= 11 is 0. The summed E-state index contributed by atoms with van der Waals surface area (Å²) in [7, 11) is 2.64. The van der Waals surface area contributed by atoms with Gasteiger partial charge in [0.25, 0.3) is 0 Å². The van der Waals surface area contributed by atoms with Crippen LogP contribution in [0.3, 0.4) is 0 Å². The molecule has 2 aromatic rings. The number of nitrogens with one attached hydrogen (secondary N) is 1. The highest BCUT2D eigenvalue weighted by Gasteiger charge is 2.19. The molecule has 0 bridgehead atoms. The molecular formula is C25H33N2O2P. The van der Waals surface area contributed by atoms with Gasteiger partial charge < -0.3 is 14.1 Å². The maximum atomic E-state index is 6.08. The summed E-state index contributed by atoms with van der Waals surface area (Å²) in [5.74, 6) is 2.98. The van der Waals surface area contributed by atoms with Crippen molar-refractivity contribution in [2.24, 2.45) is 5.92 Å². The lowest BCUT2D eigenvalue weighted by molar-refractivity contribution is 0.129. The van der Waals surface area contributed by atoms with Crippen molar-refractivity contribution < 1.29 is 9.15 Å². The summed E-state index contributed by atoms with van der Waals surface area (Å²) in [6, 6.07) is 3.78. The number of aromatic amines is 1. The van der Waals surface area contributed by atoms with E-state index in [0.29, 0.717) is 35.4 Å². The predicted molar refractivity (Wildman–Crippen MR) is 130 cm³/mol. The van der Waals surface area contributed by atoms with E-state index in [1.807, 2.05) is 39.0 Å². The van der Waals surface area contributed by atoms with Gasteiger partial charge in [0.1, 0.15) is 16.9 Å². The fourth-order valence-electron chi connectivity index (χ4n) is 2.80. The number of imidazole rings is 1. The van der Waals surface area contributed by atoms with Crippen molar-refractivity contribution in [3.8, 4) is 11.6 Å². The van der Waals surface area contributed by atoms with Crippen molar-refractivity contribution in [2.75, 3.05) is 0 Å². The molecule has 0 aliphatic heterocycles. The van der Waals surface area contributed by atoms with Gasteiger partial charge in [0.05, 0.1) is 11.3 Å². The summed E-state index contributed by atoms with van der Waals surface area (Å²) in [4.78, 5) is 8.05. The van der Waals surface area contributed by atoms with Gasteiger partial charge in [-0.3, -0.25) is 0 Å². The molecule has 0 aliphatic rings. The molecule has 4 nitrogen and oxygen atoms in total. The molecule has 0 spiro atoms. The maximum absolute atomic E-state index is 6.08. The number of ether oxygens (including phenoxy) is 1. The topological polar surface area (TPSA) is 51.0 Å². The molecule has 0 aliphatic carbocycles. The molecule has 5 heteroatoms. The number of rotatable bonds is 10. The maximum Gasteiger partial charge on any atom is 0.174 e. The average Bonchev–Trinajstić information content (AvgIpc) is 3.23. The third-order valence-electron chi connectivity index (χ3n) is 4.17. The van der Waals surface area contributed by atoms with Gasteiger partial charge in [0, 0.05) is 12.1 Å². The second-order valence-corrected chi connectivity index (χ2v) is 9.59. The Morgan fingerprint density at radius 2 is 2.03 bits per heavy atom. The standard InChI is InChI=1S/C25H33N2O2P/c1-9-10-20(19(6)29-25(7,8)30)22-13-14-23(28-22)24-26-18(5)21(27-24)15-17(4)12-11-16(2)3/h9-14,16H,1,4,6,15,30H2,2-3,5,7-8H3,(H,26,27)/b12-11-,20-10+. The highest BCUT2D eigenvalue weighted by Crippen LogP contribution is 2.32. The summed E-state index contributed by atoms with van der Waals surface area (Å²) < 4.78 is 12.0. The molecule has 1 unspecified atom stereocenters. The SMILES string of the molecule is C=C/C=C(\C(=C)OC(C)(C)P)c1ccc(-c2nc(CC(=C)/C=C\C(C)C)c(C)[nH]2)o1. The lowest BCUT2D eigenvalue weighted by Gasteiger charge is -2.23. The molecule has 2 heterocycles. The number of hydrogen-bond acceptors (Lipinski definition) is 3. The van der Waals surface area contributed by atoms with E-state index in [9.17, 15) is 0 Å². The highest BCUT2D eigenvalue weighted by molar-refractivity contribution is 7.18. The number of H-pyrrole nitrogens is 1. The summed E-state index contributed by atoms with van der Waals surface area (Å²) in [5, 5.41) is -0.438. The third kappa shape index (κ3) is 6.74. The fourth-order valence-corrected chi connectivity index (χ4v) is 2.94. The summed E-state index contributed by atoms with van der Waals surface area (Å²) in [5.41, 5.74) is 3.72. The van der Waals surface area contributed by atoms with Crippen LogP contribution < -0.4 is 0 Å². The Morgan fingerprint density at radius 1 is 1.33 bits per heavy atom. The zero-order chi connectivity index (χ0) is 22.5. The van der Waals surface area contributed by atoms with Crippen LogP contribution in [0.2, 0.25) is 0 Å². The Balaban J connectivity index is 2.25. The molecule has 1 N–H and O–H groups in total. The average molecular weight is 425 g/mol. The van der Waals surface area contributed by atoms with E-state index in [2.05, 4.69) is 60.0 Å². The number of aromatic nitrogens is 2. The van der Waals surface area contributed by atoms with Crippen LogP contribution in [0.1, 0.15) is 44.8 Å². The van der Waals surface area contributed by atoms with Gasteiger partial charge in [-0.25, -0.2) is 4.98 Å². The van der Waals surface area contributed by atoms with Crippen LogP contribution in [-0.2, 0) is 11.2 Å². The van der Waals surface area contributed by atoms with Gasteiger partial charge in [0.15, 0.2) is 11.6 Å². The van der Waals surface area contributed by atoms with Crippen LogP contribution >= 0.6 is 9.24 Å². The van der Waals surface area contributed by atoms with E-state index in [1.165, 1.54) is 0 Å². The summed E-state index contributed by atoms with van der Waals surface area (Å²) in [6.07, 6.45) is 8.41. The van der Waals surface area contributed by atoms with E-state index in [4.69, 9.17) is 14.1 Å². The minimum absolute atomic E-state index is 0.438. The first kappa shape index (κ1) is 23.7. The number of nitrogens with zero attached hydrogens (tertiary/aromatic N) is 1. The van der Waals surface area contributed by atoms with Crippen molar-refractivity contribution in [1.29, 1.82) is 0 Å². The second-order valence-electron chi connectivity index (χ2n) is 8.20. The van der Waals surface area contributed by atoms with Crippen LogP contribution in [0.5, 0.6) is 0 Å². The number of hydrogen-bond donors (Lipinski definition) is 1. The van der Waals surface area contributed by atoms with Gasteiger partial charge in [0.2, 0.25) is 0 Å². The van der Waals surface area contributed by atoms with E-state index >= 15 is 0 Å². The van der Waals surface area contributed by atoms with Crippen LogP contribution in [0.25, 0.3) is 17.2 Å². The monoisotopic (exact) mass is 424 g/mol. The van der Waals surface area contributed by atoms with Crippen molar-refractivity contribution in [3.63, 3.8) is 0 Å². The zero-order valence-corrected chi connectivity index (χ0v) is 19.9. The van der Waals surface area contributed by atoms with E-state index in [-0.39, 0.29) is 0 Å². The Morgan fingerprint density at radius 3 is 2.63 bits per heavy atom. The lowest BCUT2D eigenvalue weighted by Crippen LogP contribution is -2.14. The van der Waals surface area contributed by atoms with Crippen molar-refractivity contribution in [3.05, 3.63) is 84.7 Å². The largest absolute Gasteiger partial charge is 0.484 e. The fraction of sp³-hybridized carbons (Fsp3) is 0.320. The van der Waals surface area contributed by atoms with Gasteiger partial charge >= 0.3 is 0 Å². The Hall–Kier alpha value is -2.58. The summed E-state index contributed by atoms with van der Waals surface area (Å²) in [6.45, 7) is 22.2. The number of aryl methyl sites for hydroxylation is 1. The molecular weight excluding hydrogens is 391 g/mol. The van der Waals surface area contributed by atoms with Crippen molar-refractivity contribution in [2.45, 2.75) is 46.4 Å². The molecule has 0 fully saturated rings. The smallest absolute Gasteiger partial charge is 0.174 e. The molecule has 0 amide bonds. The van der Waals surface area contributed by atoms with Crippen LogP contribution in [0.15, 0.2) is 71.9 Å². The molecule has 1 atom stereocenters. The first-order chi connectivity index (χ1) is 14.0. The lowest BCUT2D eigenvalue weighted by atomic mass is 10.1. The molecule has 160 valence electrons. The van der Waals surface area contributed by atoms with E-state index in [0.717, 1.165) is 22.5 Å². The minimum atomic E-state index is -0.438. The van der Waals surface area contributed by atoms with Crippen molar-refractivity contribution in [1.82, 2.24) is 9.97 Å². The first-order valence-corrected chi connectivity index (χ1v) is 10.6. The Kier molecular flexibility index (Phi) is 7.86. The number of furan rings is 1. The normalized spacial score (nSPS) is 12.6. The quantitative estimate of drug-likeness (QED) is 0.254. The van der Waals surface area contributed by atoms with Crippen LogP contribution in [0.4, 0.5) is 0 Å². The molecule has 0 saturated carbocycles. The molecule has 2 aromatic heterocycles. The molecule has 0 aromatic carbocycles. The van der Waals surface area contributed by atoms with Crippen molar-refractivity contribution >= 4 is 14.8 Å². The zero-order valence-electron chi connectivity index (χ0n) is 18.7. The highest BCUT2D eigenvalue weighted by atomic mass is 31.0. The van der Waals surface area contributed by atoms with Crippen LogP contribution in [0, 0.1) is 12.8 Å². The van der Waals surface area contributed by atoms with Gasteiger partial charge in [-0.2, -0.15) is 0 Å². The van der Waals surface area contributed by atoms with Crippen LogP contribution in [-0.4, -0.2) is 15.3 Å². The number of allylic oxidation sites excluding steroid dienone is 6. The predicted octanol–water partition coefficient (Wildman–Crippen LogP) is 7.00. The second kappa shape index (κ2) is 9.95. The van der Waals surface area contributed by atoms with E-state index < -0.39 is 5.34 Å². The first-order valence-electron chi connectivity index (χ1n) is 10.0. The molecule has 30 heavy (non-hydrogen) atoms.